The highest BCUT2D eigenvalue weighted by Gasteiger charge is 2.58. The van der Waals surface area contributed by atoms with Crippen molar-refractivity contribution in [2.75, 3.05) is 6.61 Å². The largest absolute Gasteiger partial charge is 0.458 e. The summed E-state index contributed by atoms with van der Waals surface area (Å²) in [6.07, 6.45) is 3.69. The van der Waals surface area contributed by atoms with Crippen LogP contribution in [0.4, 0.5) is 0 Å². The predicted octanol–water partition coefficient (Wildman–Crippen LogP) is 14.3. The van der Waals surface area contributed by atoms with Crippen molar-refractivity contribution >= 4 is 61.0 Å². The van der Waals surface area contributed by atoms with Crippen molar-refractivity contribution in [3.8, 4) is 0 Å². The van der Waals surface area contributed by atoms with E-state index in [0.29, 0.717) is 29.5 Å². The van der Waals surface area contributed by atoms with Crippen LogP contribution in [-0.4, -0.2) is 100 Å². The van der Waals surface area contributed by atoms with Crippen molar-refractivity contribution in [3.05, 3.63) is 59.1 Å². The summed E-state index contributed by atoms with van der Waals surface area (Å²) in [6.45, 7) is 45.6. The molecule has 0 radical (unpaired) electrons. The molecule has 3 rings (SSSR count). The minimum Gasteiger partial charge on any atom is -0.458 e. The third kappa shape index (κ3) is 16.3. The molecule has 65 heavy (non-hydrogen) atoms. The van der Waals surface area contributed by atoms with E-state index in [1.165, 1.54) is 0 Å². The van der Waals surface area contributed by atoms with Gasteiger partial charge in [-0.05, 0) is 121 Å². The number of hydrogen-bond donors (Lipinski definition) is 0. The zero-order valence-corrected chi connectivity index (χ0v) is 49.6. The molecule has 1 aromatic carbocycles. The number of carbonyl (C=O) groups is 2. The van der Waals surface area contributed by atoms with Gasteiger partial charge >= 0.3 is 5.97 Å². The van der Waals surface area contributed by atoms with E-state index in [0.717, 1.165) is 37.4 Å². The third-order valence-corrected chi connectivity index (χ3v) is 34.0. The highest BCUT2D eigenvalue weighted by molar-refractivity contribution is 9.11. The molecule has 0 N–H and O–H groups in total. The van der Waals surface area contributed by atoms with Gasteiger partial charge in [0, 0.05) is 19.4 Å². The lowest BCUT2D eigenvalue weighted by molar-refractivity contribution is -0.267. The molecule has 0 aliphatic carbocycles. The van der Waals surface area contributed by atoms with Gasteiger partial charge in [0.15, 0.2) is 39.1 Å². The highest BCUT2D eigenvalue weighted by Crippen LogP contribution is 2.47. The van der Waals surface area contributed by atoms with E-state index in [4.69, 9.17) is 31.9 Å². The summed E-state index contributed by atoms with van der Waals surface area (Å²) in [5.41, 5.74) is 0.464. The summed E-state index contributed by atoms with van der Waals surface area (Å²) in [5, 5.41) is -0.315. The molecular weight excluding hydrogens is 949 g/mol. The fraction of sp³-hybridized carbons (Fsp3) is 0.765. The van der Waals surface area contributed by atoms with E-state index in [9.17, 15) is 9.59 Å². The molecule has 9 nitrogen and oxygen atoms in total. The minimum atomic E-state index is -2.49. The Morgan fingerprint density at radius 1 is 0.800 bits per heavy atom. The van der Waals surface area contributed by atoms with Gasteiger partial charge in [-0.15, -0.1) is 0 Å². The van der Waals surface area contributed by atoms with Gasteiger partial charge in [-0.1, -0.05) is 130 Å². The maximum absolute atomic E-state index is 14.0. The maximum atomic E-state index is 14.0. The van der Waals surface area contributed by atoms with Crippen LogP contribution in [0.1, 0.15) is 132 Å². The number of halogens is 1. The number of fused-ring (bicyclic) bond motifs is 1. The third-order valence-electron chi connectivity index (χ3n) is 15.5. The zero-order valence-electron chi connectivity index (χ0n) is 44.0. The van der Waals surface area contributed by atoms with Crippen LogP contribution in [0.3, 0.4) is 0 Å². The second-order valence-electron chi connectivity index (χ2n) is 23.3. The molecule has 8 atom stereocenters. The molecule has 14 heteroatoms. The summed E-state index contributed by atoms with van der Waals surface area (Å²) < 4.78 is 50.6. The fourth-order valence-corrected chi connectivity index (χ4v) is 14.7. The molecule has 2 saturated heterocycles. The molecule has 2 fully saturated rings. The first kappa shape index (κ1) is 58.3. The summed E-state index contributed by atoms with van der Waals surface area (Å²) >= 11 is 3.45. The zero-order chi connectivity index (χ0) is 49.4. The van der Waals surface area contributed by atoms with Gasteiger partial charge in [0.05, 0.1) is 23.9 Å². The van der Waals surface area contributed by atoms with Crippen LogP contribution < -0.4 is 0 Å². The number of carbonyl (C=O) groups excluding carboxylic acids is 2. The van der Waals surface area contributed by atoms with Crippen LogP contribution in [0.2, 0.25) is 72.5 Å². The second kappa shape index (κ2) is 23.7. The lowest BCUT2D eigenvalue weighted by Crippen LogP contribution is -2.69. The average molecular weight is 1040 g/mol. The van der Waals surface area contributed by atoms with Crippen LogP contribution in [0, 0.1) is 0 Å². The van der Waals surface area contributed by atoms with Crippen LogP contribution in [-0.2, 0) is 36.7 Å². The van der Waals surface area contributed by atoms with E-state index in [2.05, 4.69) is 145 Å². The topological polar surface area (TPSA) is 98.8 Å². The van der Waals surface area contributed by atoms with Gasteiger partial charge in [-0.25, -0.2) is 4.79 Å². The molecule has 2 aliphatic heterocycles. The van der Waals surface area contributed by atoms with Crippen molar-refractivity contribution in [1.82, 2.24) is 0 Å². The molecular formula is C51H91BrO9Si4. The van der Waals surface area contributed by atoms with Crippen molar-refractivity contribution < 1.29 is 41.5 Å². The molecule has 2 aliphatic rings. The molecule has 2 unspecified atom stereocenters. The first-order chi connectivity index (χ1) is 29.8. The predicted molar refractivity (Wildman–Crippen MR) is 282 cm³/mol. The Kier molecular flexibility index (Phi) is 21.2. The van der Waals surface area contributed by atoms with Crippen molar-refractivity contribution in [2.45, 2.75) is 243 Å². The standard InChI is InChI=1S/C51H91BrO9Si4/c1-20-65(21-2,22-3)55-35-34-40-31-33-42-44(56-40)46(60-63(16,17)50(8,9)10)47(61-64(18,19)51(11,12)13)45(58-42)43(59-62(14,15)49(5,6)7)32-29-39(53)28-30-41(36-37(4)52)57-48(54)38-26-24-23-25-27-38/h23-27,29,32,40-47H,4,20-22,28,30-31,33-36H2,1-3,5-19H3/b32-29+/t40-,41-,42?,43?,44+,45+,46+,47-/m1/s1. The molecule has 0 saturated carbocycles. The van der Waals surface area contributed by atoms with Crippen LogP contribution >= 0.6 is 15.9 Å². The van der Waals surface area contributed by atoms with Crippen LogP contribution in [0.25, 0.3) is 0 Å². The van der Waals surface area contributed by atoms with E-state index in [-0.39, 0.29) is 45.6 Å². The monoisotopic (exact) mass is 1040 g/mol. The number of rotatable bonds is 23. The minimum absolute atomic E-state index is 0.0157. The summed E-state index contributed by atoms with van der Waals surface area (Å²) in [5.74, 6) is -0.517. The number of ketones is 1. The number of benzene rings is 1. The van der Waals surface area contributed by atoms with E-state index >= 15 is 0 Å². The molecule has 372 valence electrons. The SMILES string of the molecule is C=C(Br)C[C@@H](CCC(=O)/C=C/C(O[Si](C)(C)C(C)(C)C)[C@@H]1OC2CC[C@H](CCO[Si](CC)(CC)CC)O[C@@H]2[C@H](O[Si](C)(C)C(C)(C)C)[C@@H]1O[Si](C)(C)C(C)(C)C)OC(=O)c1ccccc1. The van der Waals surface area contributed by atoms with Gasteiger partial charge in [-0.3, -0.25) is 4.79 Å². The lowest BCUT2D eigenvalue weighted by Gasteiger charge is -2.56. The van der Waals surface area contributed by atoms with Crippen molar-refractivity contribution in [3.63, 3.8) is 0 Å². The van der Waals surface area contributed by atoms with Gasteiger partial charge in [0.25, 0.3) is 0 Å². The van der Waals surface area contributed by atoms with Crippen molar-refractivity contribution in [1.29, 1.82) is 0 Å². The quantitative estimate of drug-likeness (QED) is 0.0603. The lowest BCUT2D eigenvalue weighted by atomic mass is 9.87. The smallest absolute Gasteiger partial charge is 0.338 e. The normalized spacial score (nSPS) is 23.8. The van der Waals surface area contributed by atoms with Crippen LogP contribution in [0.5, 0.6) is 0 Å². The second-order valence-corrected chi connectivity index (χ2v) is 43.5. The Morgan fingerprint density at radius 3 is 1.85 bits per heavy atom. The number of allylic oxidation sites excluding steroid dienone is 1. The van der Waals surface area contributed by atoms with Gasteiger partial charge in [0.2, 0.25) is 0 Å². The van der Waals surface area contributed by atoms with Crippen molar-refractivity contribution in [2.24, 2.45) is 0 Å². The van der Waals surface area contributed by atoms with Gasteiger partial charge in [0.1, 0.15) is 30.5 Å². The Balaban J connectivity index is 2.12. The average Bonchev–Trinajstić information content (AvgIpc) is 3.19. The Morgan fingerprint density at radius 2 is 1.34 bits per heavy atom. The molecule has 2 heterocycles. The Labute approximate surface area is 408 Å². The molecule has 0 bridgehead atoms. The number of hydrogen-bond acceptors (Lipinski definition) is 9. The first-order valence-corrected chi connectivity index (χ1v) is 36.7. The van der Waals surface area contributed by atoms with Gasteiger partial charge in [-0.2, -0.15) is 0 Å². The van der Waals surface area contributed by atoms with E-state index < -0.39 is 69.8 Å². The van der Waals surface area contributed by atoms with E-state index in [1.807, 2.05) is 12.1 Å². The number of esters is 1. The Hall–Kier alpha value is -1.05. The Bertz CT molecular complexity index is 1700. The summed E-state index contributed by atoms with van der Waals surface area (Å²) in [6, 6.07) is 12.3. The van der Waals surface area contributed by atoms with Gasteiger partial charge < -0.3 is 31.9 Å². The molecule has 0 spiro atoms. The first-order valence-electron chi connectivity index (χ1n) is 24.6. The van der Waals surface area contributed by atoms with E-state index in [1.54, 1.807) is 30.3 Å². The maximum Gasteiger partial charge on any atom is 0.338 e. The summed E-state index contributed by atoms with van der Waals surface area (Å²) in [7, 11) is -9.15. The number of ether oxygens (including phenoxy) is 3. The summed E-state index contributed by atoms with van der Waals surface area (Å²) in [4.78, 5) is 27.1. The molecule has 0 aromatic heterocycles. The van der Waals surface area contributed by atoms with Crippen LogP contribution in [0.15, 0.2) is 53.5 Å². The fourth-order valence-electron chi connectivity index (χ4n) is 7.79. The highest BCUT2D eigenvalue weighted by atomic mass is 79.9. The molecule has 1 aromatic rings. The molecule has 0 amide bonds.